The van der Waals surface area contributed by atoms with E-state index in [4.69, 9.17) is 9.84 Å². The molecule has 0 bridgehead atoms. The molecule has 1 atom stereocenters. The summed E-state index contributed by atoms with van der Waals surface area (Å²) < 4.78 is 5.09. The van der Waals surface area contributed by atoms with Gasteiger partial charge in [-0.05, 0) is 25.5 Å². The number of nitrogens with one attached hydrogen (secondary N) is 1. The molecule has 1 aromatic carbocycles. The highest BCUT2D eigenvalue weighted by Crippen LogP contribution is 2.37. The minimum absolute atomic E-state index is 0.00197. The Labute approximate surface area is 141 Å². The number of piperidine rings is 1. The van der Waals surface area contributed by atoms with E-state index in [2.05, 4.69) is 5.32 Å². The van der Waals surface area contributed by atoms with Crippen LogP contribution in [0.1, 0.15) is 40.5 Å². The van der Waals surface area contributed by atoms with Gasteiger partial charge in [0, 0.05) is 6.42 Å². The summed E-state index contributed by atoms with van der Waals surface area (Å²) in [6, 6.07) is 4.24. The van der Waals surface area contributed by atoms with Gasteiger partial charge in [0.1, 0.15) is 11.3 Å². The summed E-state index contributed by atoms with van der Waals surface area (Å²) in [6.07, 6.45) is 0.00642. The quantitative estimate of drug-likeness (QED) is 0.730. The Kier molecular flexibility index (Phi) is 3.78. The fourth-order valence-electron chi connectivity index (χ4n) is 2.97. The van der Waals surface area contributed by atoms with Gasteiger partial charge in [0.25, 0.3) is 17.7 Å². The maximum atomic E-state index is 12.8. The number of rotatable bonds is 4. The van der Waals surface area contributed by atoms with Gasteiger partial charge < -0.3 is 9.84 Å². The molecule has 0 unspecified atom stereocenters. The number of imide groups is 2. The first kappa shape index (κ1) is 16.6. The van der Waals surface area contributed by atoms with E-state index in [1.165, 1.54) is 25.1 Å². The van der Waals surface area contributed by atoms with E-state index in [1.807, 2.05) is 0 Å². The maximum absolute atomic E-state index is 12.8. The highest BCUT2D eigenvalue weighted by Gasteiger charge is 2.53. The predicted octanol–water partition coefficient (Wildman–Crippen LogP) is -0.0587. The van der Waals surface area contributed by atoms with Gasteiger partial charge in [0.2, 0.25) is 5.91 Å². The van der Waals surface area contributed by atoms with E-state index in [0.717, 1.165) is 4.90 Å². The van der Waals surface area contributed by atoms with Crippen molar-refractivity contribution in [2.75, 3.05) is 6.61 Å². The molecule has 2 aliphatic heterocycles. The topological polar surface area (TPSA) is 130 Å². The van der Waals surface area contributed by atoms with Crippen LogP contribution in [0.25, 0.3) is 0 Å². The molecule has 0 aliphatic carbocycles. The van der Waals surface area contributed by atoms with Gasteiger partial charge in [-0.15, -0.1) is 0 Å². The lowest BCUT2D eigenvalue weighted by Gasteiger charge is -2.38. The SMILES string of the molecule is C[C@@]1(N2C(=O)c3cccc(OCC(=O)O)c3C2=O)CCC(=O)NC1=O. The van der Waals surface area contributed by atoms with Crippen molar-refractivity contribution >= 4 is 29.6 Å². The number of hydrogen-bond acceptors (Lipinski definition) is 6. The van der Waals surface area contributed by atoms with Gasteiger partial charge in [-0.1, -0.05) is 6.07 Å². The first-order valence-corrected chi connectivity index (χ1v) is 7.46. The van der Waals surface area contributed by atoms with Gasteiger partial charge in [0.05, 0.1) is 11.1 Å². The zero-order valence-corrected chi connectivity index (χ0v) is 13.2. The van der Waals surface area contributed by atoms with E-state index in [9.17, 15) is 24.0 Å². The van der Waals surface area contributed by atoms with E-state index in [1.54, 1.807) is 0 Å². The van der Waals surface area contributed by atoms with Crippen LogP contribution in [-0.4, -0.2) is 51.8 Å². The molecule has 0 spiro atoms. The molecule has 2 N–H and O–H groups in total. The molecule has 1 saturated heterocycles. The average Bonchev–Trinajstić information content (AvgIpc) is 2.82. The number of aliphatic carboxylic acids is 1. The minimum Gasteiger partial charge on any atom is -0.481 e. The van der Waals surface area contributed by atoms with Crippen LogP contribution in [0.2, 0.25) is 0 Å². The zero-order chi connectivity index (χ0) is 18.4. The summed E-state index contributed by atoms with van der Waals surface area (Å²) in [6.45, 7) is 0.735. The van der Waals surface area contributed by atoms with Crippen molar-refractivity contribution in [2.24, 2.45) is 0 Å². The summed E-state index contributed by atoms with van der Waals surface area (Å²) in [5.74, 6) is -3.92. The van der Waals surface area contributed by atoms with E-state index in [0.29, 0.717) is 0 Å². The molecule has 1 fully saturated rings. The van der Waals surface area contributed by atoms with Gasteiger partial charge in [-0.25, -0.2) is 4.79 Å². The third-order valence-electron chi connectivity index (χ3n) is 4.30. The molecule has 0 saturated carbocycles. The predicted molar refractivity (Wildman–Crippen MR) is 80.9 cm³/mol. The molecule has 3 rings (SSSR count). The number of carboxylic acids is 1. The number of hydrogen-bond donors (Lipinski definition) is 2. The van der Waals surface area contributed by atoms with Gasteiger partial charge in [-0.3, -0.25) is 29.4 Å². The number of carbonyl (C=O) groups excluding carboxylic acids is 4. The van der Waals surface area contributed by atoms with Gasteiger partial charge in [0.15, 0.2) is 6.61 Å². The number of ether oxygens (including phenoxy) is 1. The molecule has 1 aromatic rings. The summed E-state index contributed by atoms with van der Waals surface area (Å²) in [4.78, 5) is 60.6. The lowest BCUT2D eigenvalue weighted by atomic mass is 9.89. The number of carboxylic acid groups (broad SMARTS) is 1. The maximum Gasteiger partial charge on any atom is 0.341 e. The molecule has 4 amide bonds. The second-order valence-electron chi connectivity index (χ2n) is 5.96. The zero-order valence-electron chi connectivity index (χ0n) is 13.2. The third kappa shape index (κ3) is 2.53. The highest BCUT2D eigenvalue weighted by molar-refractivity contribution is 6.25. The molecule has 0 aromatic heterocycles. The molecular formula is C16H14N2O7. The number of carbonyl (C=O) groups is 5. The number of nitrogens with zero attached hydrogens (tertiary/aromatic N) is 1. The Balaban J connectivity index is 2.00. The number of benzene rings is 1. The molecule has 2 heterocycles. The summed E-state index contributed by atoms with van der Waals surface area (Å²) in [5, 5.41) is 10.9. The Morgan fingerprint density at radius 3 is 2.64 bits per heavy atom. The summed E-state index contributed by atoms with van der Waals surface area (Å²) >= 11 is 0. The lowest BCUT2D eigenvalue weighted by molar-refractivity contribution is -0.141. The van der Waals surface area contributed by atoms with E-state index < -0.39 is 41.7 Å². The smallest absolute Gasteiger partial charge is 0.341 e. The second kappa shape index (κ2) is 5.69. The van der Waals surface area contributed by atoms with Crippen LogP contribution in [-0.2, 0) is 14.4 Å². The monoisotopic (exact) mass is 346 g/mol. The molecule has 2 aliphatic rings. The van der Waals surface area contributed by atoms with Crippen LogP contribution >= 0.6 is 0 Å². The lowest BCUT2D eigenvalue weighted by Crippen LogP contribution is -2.62. The largest absolute Gasteiger partial charge is 0.481 e. The van der Waals surface area contributed by atoms with Crippen molar-refractivity contribution in [3.8, 4) is 5.75 Å². The van der Waals surface area contributed by atoms with Crippen LogP contribution in [0.15, 0.2) is 18.2 Å². The third-order valence-corrected chi connectivity index (χ3v) is 4.30. The molecule has 9 nitrogen and oxygen atoms in total. The molecule has 25 heavy (non-hydrogen) atoms. The second-order valence-corrected chi connectivity index (χ2v) is 5.96. The Morgan fingerprint density at radius 2 is 2.00 bits per heavy atom. The normalized spacial score (nSPS) is 22.7. The Bertz CT molecular complexity index is 832. The van der Waals surface area contributed by atoms with Crippen molar-refractivity contribution in [3.05, 3.63) is 29.3 Å². The van der Waals surface area contributed by atoms with Gasteiger partial charge >= 0.3 is 5.97 Å². The van der Waals surface area contributed by atoms with Crippen molar-refractivity contribution < 1.29 is 33.8 Å². The van der Waals surface area contributed by atoms with Crippen molar-refractivity contribution in [3.63, 3.8) is 0 Å². The first-order valence-electron chi connectivity index (χ1n) is 7.46. The van der Waals surface area contributed by atoms with Crippen LogP contribution in [0, 0.1) is 0 Å². The fraction of sp³-hybridized carbons (Fsp3) is 0.312. The molecule has 0 radical (unpaired) electrons. The van der Waals surface area contributed by atoms with E-state index >= 15 is 0 Å². The van der Waals surface area contributed by atoms with Crippen LogP contribution < -0.4 is 10.1 Å². The summed E-state index contributed by atoms with van der Waals surface area (Å²) in [7, 11) is 0. The van der Waals surface area contributed by atoms with Crippen molar-refractivity contribution in [2.45, 2.75) is 25.3 Å². The average molecular weight is 346 g/mol. The molecular weight excluding hydrogens is 332 g/mol. The van der Waals surface area contributed by atoms with Crippen LogP contribution in [0.4, 0.5) is 0 Å². The van der Waals surface area contributed by atoms with Crippen LogP contribution in [0.3, 0.4) is 0 Å². The fourth-order valence-corrected chi connectivity index (χ4v) is 2.97. The van der Waals surface area contributed by atoms with Crippen LogP contribution in [0.5, 0.6) is 5.75 Å². The van der Waals surface area contributed by atoms with Crippen molar-refractivity contribution in [1.82, 2.24) is 10.2 Å². The van der Waals surface area contributed by atoms with E-state index in [-0.39, 0.29) is 29.7 Å². The standard InChI is InChI=1S/C16H14N2O7/c1-16(6-5-10(19)17-15(16)24)18-13(22)8-3-2-4-9(12(8)14(18)23)25-7-11(20)21/h2-4H,5-7H2,1H3,(H,20,21)(H,17,19,24)/t16-/m1/s1. The van der Waals surface area contributed by atoms with Gasteiger partial charge in [-0.2, -0.15) is 0 Å². The Hall–Kier alpha value is -3.23. The molecule has 9 heteroatoms. The number of amides is 4. The minimum atomic E-state index is -1.51. The number of fused-ring (bicyclic) bond motifs is 1. The van der Waals surface area contributed by atoms with Crippen molar-refractivity contribution in [1.29, 1.82) is 0 Å². The summed E-state index contributed by atoms with van der Waals surface area (Å²) in [5.41, 5.74) is -1.57. The highest BCUT2D eigenvalue weighted by atomic mass is 16.5. The molecule has 130 valence electrons. The Morgan fingerprint density at radius 1 is 1.28 bits per heavy atom. The first-order chi connectivity index (χ1) is 11.8.